The quantitative estimate of drug-likeness (QED) is 0.232. The van der Waals surface area contributed by atoms with Crippen LogP contribution in [0.4, 0.5) is 4.79 Å². The lowest BCUT2D eigenvalue weighted by atomic mass is 9.87. The van der Waals surface area contributed by atoms with Crippen LogP contribution >= 0.6 is 0 Å². The predicted molar refractivity (Wildman–Crippen MR) is 165 cm³/mol. The van der Waals surface area contributed by atoms with E-state index in [1.54, 1.807) is 6.92 Å². The van der Waals surface area contributed by atoms with Gasteiger partial charge in [0, 0.05) is 15.8 Å². The number of esters is 1. The lowest BCUT2D eigenvalue weighted by Gasteiger charge is -2.33. The van der Waals surface area contributed by atoms with Gasteiger partial charge in [0.1, 0.15) is 5.60 Å². The summed E-state index contributed by atoms with van der Waals surface area (Å²) < 4.78 is 28.8. The maximum absolute atomic E-state index is 12.8. The Balaban J connectivity index is 1.47. The van der Waals surface area contributed by atoms with E-state index in [0.29, 0.717) is 18.5 Å². The average Bonchev–Trinajstić information content (AvgIpc) is 2.97. The zero-order valence-corrected chi connectivity index (χ0v) is 24.5. The van der Waals surface area contributed by atoms with Crippen LogP contribution in [0.2, 0.25) is 0 Å². The van der Waals surface area contributed by atoms with E-state index in [-0.39, 0.29) is 19.1 Å². The molecule has 1 aliphatic rings. The molecule has 1 aliphatic heterocycles. The SMILES string of the molecule is [3H]C1CN(C(=O)OC(C)(C)C)CCC1([3H])c1ccc(-c2cc(C(=O)OCC)cc3cc(-c4ccc(C)cc4)ccc23)cc1. The third-order valence-corrected chi connectivity index (χ3v) is 7.28. The molecule has 41 heavy (non-hydrogen) atoms. The normalized spacial score (nSPS) is 19.8. The van der Waals surface area contributed by atoms with Crippen molar-refractivity contribution < 1.29 is 21.8 Å². The maximum atomic E-state index is 12.8. The summed E-state index contributed by atoms with van der Waals surface area (Å²) in [5.41, 5.74) is 5.74. The summed E-state index contributed by atoms with van der Waals surface area (Å²) in [6, 6.07) is 26.1. The number of ether oxygens (including phenoxy) is 2. The Morgan fingerprint density at radius 3 is 2.27 bits per heavy atom. The molecule has 1 amide bonds. The van der Waals surface area contributed by atoms with Gasteiger partial charge in [-0.3, -0.25) is 0 Å². The van der Waals surface area contributed by atoms with Crippen molar-refractivity contribution >= 4 is 22.8 Å². The molecule has 0 radical (unpaired) electrons. The number of carbonyl (C=O) groups excluding carboxylic acids is 2. The minimum atomic E-state index is -1.16. The summed E-state index contributed by atoms with van der Waals surface area (Å²) in [5, 5.41) is 1.93. The second kappa shape index (κ2) is 11.8. The van der Waals surface area contributed by atoms with Crippen LogP contribution in [0.25, 0.3) is 33.0 Å². The van der Waals surface area contributed by atoms with E-state index in [1.165, 1.54) is 10.5 Å². The molecule has 0 spiro atoms. The summed E-state index contributed by atoms with van der Waals surface area (Å²) in [6.45, 7) is 10.1. The fourth-order valence-electron chi connectivity index (χ4n) is 5.15. The van der Waals surface area contributed by atoms with Crippen LogP contribution in [0.15, 0.2) is 78.9 Å². The van der Waals surface area contributed by atoms with Crippen LogP contribution in [0.1, 0.15) is 70.6 Å². The Labute approximate surface area is 245 Å². The molecule has 212 valence electrons. The summed E-state index contributed by atoms with van der Waals surface area (Å²) >= 11 is 0. The van der Waals surface area contributed by atoms with Crippen molar-refractivity contribution in [3.05, 3.63) is 95.6 Å². The highest BCUT2D eigenvalue weighted by Gasteiger charge is 2.27. The Morgan fingerprint density at radius 1 is 0.927 bits per heavy atom. The molecule has 2 atom stereocenters. The molecule has 1 saturated heterocycles. The second-order valence-corrected chi connectivity index (χ2v) is 11.5. The minimum Gasteiger partial charge on any atom is -0.462 e. The first-order valence-corrected chi connectivity index (χ1v) is 14.2. The monoisotopic (exact) mass is 553 g/mol. The molecule has 0 bridgehead atoms. The van der Waals surface area contributed by atoms with Crippen LogP contribution < -0.4 is 0 Å². The van der Waals surface area contributed by atoms with E-state index in [0.717, 1.165) is 38.6 Å². The number of benzene rings is 4. The van der Waals surface area contributed by atoms with Crippen molar-refractivity contribution in [2.45, 2.75) is 58.9 Å². The molecule has 5 nitrogen and oxygen atoms in total. The third kappa shape index (κ3) is 6.62. The molecule has 2 unspecified atom stereocenters. The van der Waals surface area contributed by atoms with Gasteiger partial charge in [-0.2, -0.15) is 0 Å². The van der Waals surface area contributed by atoms with Crippen molar-refractivity contribution in [3.63, 3.8) is 0 Å². The molecule has 0 N–H and O–H groups in total. The van der Waals surface area contributed by atoms with Crippen molar-refractivity contribution in [2.24, 2.45) is 0 Å². The highest BCUT2D eigenvalue weighted by Crippen LogP contribution is 2.35. The van der Waals surface area contributed by atoms with Gasteiger partial charge in [-0.05, 0) is 110 Å². The number of nitrogens with zero attached hydrogens (tertiary/aromatic N) is 1. The van der Waals surface area contributed by atoms with Gasteiger partial charge < -0.3 is 14.4 Å². The first kappa shape index (κ1) is 25.8. The fraction of sp³-hybridized carbons (Fsp3) is 0.333. The number of amides is 1. The smallest absolute Gasteiger partial charge is 0.410 e. The molecule has 4 aromatic rings. The number of hydrogen-bond acceptors (Lipinski definition) is 4. The number of fused-ring (bicyclic) bond motifs is 1. The van der Waals surface area contributed by atoms with E-state index in [2.05, 4.69) is 49.4 Å². The number of likely N-dealkylation sites (tertiary alicyclic amines) is 1. The van der Waals surface area contributed by atoms with E-state index in [9.17, 15) is 11.0 Å². The first-order chi connectivity index (χ1) is 20.4. The van der Waals surface area contributed by atoms with Crippen LogP contribution in [0.5, 0.6) is 0 Å². The van der Waals surface area contributed by atoms with E-state index in [4.69, 9.17) is 10.8 Å². The van der Waals surface area contributed by atoms with Crippen LogP contribution in [-0.4, -0.2) is 42.3 Å². The van der Waals surface area contributed by atoms with Gasteiger partial charge in [0.2, 0.25) is 0 Å². The Kier molecular flexibility index (Phi) is 7.42. The molecular formula is C36H39NO4. The Hall–Kier alpha value is -4.12. The summed E-state index contributed by atoms with van der Waals surface area (Å²) in [5.74, 6) is -1.53. The third-order valence-electron chi connectivity index (χ3n) is 7.28. The Morgan fingerprint density at radius 2 is 1.61 bits per heavy atom. The van der Waals surface area contributed by atoms with E-state index >= 15 is 0 Å². The minimum absolute atomic E-state index is 0.135. The van der Waals surface area contributed by atoms with Crippen molar-refractivity contribution in [1.82, 2.24) is 4.90 Å². The molecule has 5 rings (SSSR count). The Bertz CT molecular complexity index is 1640. The summed E-state index contributed by atoms with van der Waals surface area (Å²) in [7, 11) is 0. The highest BCUT2D eigenvalue weighted by molar-refractivity contribution is 6.04. The van der Waals surface area contributed by atoms with Crippen molar-refractivity contribution in [3.8, 4) is 22.3 Å². The second-order valence-electron chi connectivity index (χ2n) is 11.5. The van der Waals surface area contributed by atoms with Crippen LogP contribution in [-0.2, 0) is 9.47 Å². The molecule has 5 heteroatoms. The largest absolute Gasteiger partial charge is 0.462 e. The molecule has 1 fully saturated rings. The summed E-state index contributed by atoms with van der Waals surface area (Å²) in [4.78, 5) is 27.0. The van der Waals surface area contributed by atoms with Gasteiger partial charge in [0.25, 0.3) is 0 Å². The highest BCUT2D eigenvalue weighted by atomic mass is 16.6. The molecule has 4 aromatic carbocycles. The predicted octanol–water partition coefficient (Wildman–Crippen LogP) is 8.77. The van der Waals surface area contributed by atoms with Crippen LogP contribution in [0, 0.1) is 6.92 Å². The topological polar surface area (TPSA) is 55.8 Å². The van der Waals surface area contributed by atoms with Crippen LogP contribution in [0.3, 0.4) is 0 Å². The standard InChI is InChI=1S/C36H39NO4/c1-6-40-34(38)31-22-30-21-29(26-9-7-24(2)8-10-26)15-16-32(30)33(23-31)28-13-11-25(12-14-28)27-17-19-37(20-18-27)35(39)41-36(3,4)5/h7-16,21-23,27H,6,17-20H2,1-5H3/i17T,27T. The van der Waals surface area contributed by atoms with Gasteiger partial charge in [0.15, 0.2) is 0 Å². The zero-order chi connectivity index (χ0) is 30.9. The number of carbonyl (C=O) groups is 2. The van der Waals surface area contributed by atoms with Gasteiger partial charge in [-0.1, -0.05) is 66.2 Å². The van der Waals surface area contributed by atoms with Crippen molar-refractivity contribution in [1.29, 1.82) is 0 Å². The first-order valence-electron chi connectivity index (χ1n) is 15.3. The average molecular weight is 554 g/mol. The van der Waals surface area contributed by atoms with E-state index < -0.39 is 24.0 Å². The van der Waals surface area contributed by atoms with Gasteiger partial charge in [-0.25, -0.2) is 9.59 Å². The zero-order valence-electron chi connectivity index (χ0n) is 26.5. The van der Waals surface area contributed by atoms with Gasteiger partial charge in [0.05, 0.1) is 12.2 Å². The summed E-state index contributed by atoms with van der Waals surface area (Å²) in [6.07, 6.45) is -0.933. The number of aryl methyl sites for hydroxylation is 1. The van der Waals surface area contributed by atoms with Crippen molar-refractivity contribution in [2.75, 3.05) is 19.7 Å². The molecule has 0 aromatic heterocycles. The molecular weight excluding hydrogens is 510 g/mol. The molecule has 0 saturated carbocycles. The van der Waals surface area contributed by atoms with Gasteiger partial charge in [-0.15, -0.1) is 0 Å². The lowest BCUT2D eigenvalue weighted by Crippen LogP contribution is -2.41. The van der Waals surface area contributed by atoms with E-state index in [1.807, 2.05) is 57.2 Å². The molecule has 0 aliphatic carbocycles. The number of rotatable bonds is 5. The lowest BCUT2D eigenvalue weighted by molar-refractivity contribution is 0.0204. The maximum Gasteiger partial charge on any atom is 0.410 e. The number of hydrogen-bond donors (Lipinski definition) is 0. The fourth-order valence-corrected chi connectivity index (χ4v) is 5.15. The van der Waals surface area contributed by atoms with Gasteiger partial charge >= 0.3 is 12.1 Å². The number of piperidine rings is 1. The molecule has 1 heterocycles.